The van der Waals surface area contributed by atoms with Crippen LogP contribution in [0, 0.1) is 0 Å². The zero-order chi connectivity index (χ0) is 33.1. The summed E-state index contributed by atoms with van der Waals surface area (Å²) >= 11 is 14.0. The molecule has 0 amide bonds. The molecule has 2 heterocycles. The van der Waals surface area contributed by atoms with Crippen molar-refractivity contribution in [2.24, 2.45) is 4.99 Å². The van der Waals surface area contributed by atoms with Gasteiger partial charge in [0.05, 0.1) is 28.5 Å². The molecular formula is C38H32Cl2N2O4S. The maximum atomic E-state index is 14.4. The third kappa shape index (κ3) is 6.84. The summed E-state index contributed by atoms with van der Waals surface area (Å²) in [5.74, 6) is 0.337. The molecule has 1 aliphatic heterocycles. The number of nitrogens with zero attached hydrogens (tertiary/aromatic N) is 2. The lowest BCUT2D eigenvalue weighted by atomic mass is 9.91. The first-order valence-corrected chi connectivity index (χ1v) is 16.9. The molecule has 6 rings (SSSR count). The highest BCUT2D eigenvalue weighted by Gasteiger charge is 2.35. The minimum atomic E-state index is -0.765. The number of halogens is 2. The standard InChI is InChI=1S/C38H32Cl2N2O4S/c1-4-45-37(44)33-34(25-10-6-5-7-11-25)41-38-42(35(33)26-16-14-24(15-17-26)23(2)3)36(43)32(47-38)21-28-20-29(39)18-19-31(28)46-22-27-12-8-9-13-30(27)40/h5-21,23,35H,4,22H2,1-3H3/b32-21-/t35-/m1/s1. The quantitative estimate of drug-likeness (QED) is 0.148. The zero-order valence-corrected chi connectivity index (χ0v) is 28.4. The van der Waals surface area contributed by atoms with Crippen molar-refractivity contribution in [3.05, 3.63) is 160 Å². The third-order valence-electron chi connectivity index (χ3n) is 7.89. The van der Waals surface area contributed by atoms with Crippen LogP contribution in [0.15, 0.2) is 112 Å². The van der Waals surface area contributed by atoms with Gasteiger partial charge in [0.2, 0.25) is 0 Å². The molecule has 1 aliphatic rings. The Labute approximate surface area is 286 Å². The van der Waals surface area contributed by atoms with Crippen LogP contribution < -0.4 is 19.6 Å². The average Bonchev–Trinajstić information content (AvgIpc) is 3.38. The molecule has 0 unspecified atom stereocenters. The van der Waals surface area contributed by atoms with Gasteiger partial charge in [-0.3, -0.25) is 9.36 Å². The molecule has 1 aromatic heterocycles. The minimum Gasteiger partial charge on any atom is -0.488 e. The van der Waals surface area contributed by atoms with E-state index in [0.717, 1.165) is 22.3 Å². The summed E-state index contributed by atoms with van der Waals surface area (Å²) in [5.41, 5.74) is 4.62. The van der Waals surface area contributed by atoms with E-state index in [4.69, 9.17) is 37.7 Å². The molecule has 4 aromatic carbocycles. The number of carbonyl (C=O) groups excluding carboxylic acids is 1. The van der Waals surface area contributed by atoms with Crippen molar-refractivity contribution in [3.63, 3.8) is 0 Å². The summed E-state index contributed by atoms with van der Waals surface area (Å²) in [6.45, 7) is 6.42. The number of hydrogen-bond donors (Lipinski definition) is 0. The molecule has 0 saturated heterocycles. The molecule has 1 atom stereocenters. The molecular weight excluding hydrogens is 651 g/mol. The van der Waals surface area contributed by atoms with E-state index in [1.54, 1.807) is 35.8 Å². The number of carbonyl (C=O) groups is 1. The molecule has 0 bridgehead atoms. The van der Waals surface area contributed by atoms with Crippen molar-refractivity contribution in [1.29, 1.82) is 0 Å². The lowest BCUT2D eigenvalue weighted by Crippen LogP contribution is -2.40. The van der Waals surface area contributed by atoms with Gasteiger partial charge in [-0.25, -0.2) is 9.79 Å². The Bertz CT molecular complexity index is 2150. The topological polar surface area (TPSA) is 69.9 Å². The molecule has 0 radical (unpaired) electrons. The van der Waals surface area contributed by atoms with Gasteiger partial charge in [-0.15, -0.1) is 0 Å². The normalized spacial score (nSPS) is 14.6. The summed E-state index contributed by atoms with van der Waals surface area (Å²) in [7, 11) is 0. The van der Waals surface area contributed by atoms with Gasteiger partial charge in [0, 0.05) is 26.7 Å². The zero-order valence-electron chi connectivity index (χ0n) is 26.1. The molecule has 0 aliphatic carbocycles. The van der Waals surface area contributed by atoms with E-state index in [9.17, 15) is 9.59 Å². The van der Waals surface area contributed by atoms with Crippen LogP contribution in [0.1, 0.15) is 60.5 Å². The largest absolute Gasteiger partial charge is 0.488 e. The minimum absolute atomic E-state index is 0.180. The fourth-order valence-electron chi connectivity index (χ4n) is 5.49. The van der Waals surface area contributed by atoms with Crippen molar-refractivity contribution < 1.29 is 14.3 Å². The Kier molecular flexibility index (Phi) is 9.78. The molecule has 9 heteroatoms. The number of fused-ring (bicyclic) bond motifs is 1. The second-order valence-corrected chi connectivity index (χ2v) is 13.2. The predicted octanol–water partition coefficient (Wildman–Crippen LogP) is 7.94. The van der Waals surface area contributed by atoms with E-state index in [2.05, 4.69) is 13.8 Å². The molecule has 47 heavy (non-hydrogen) atoms. The van der Waals surface area contributed by atoms with Crippen molar-refractivity contribution in [1.82, 2.24) is 4.57 Å². The Morgan fingerprint density at radius 3 is 2.40 bits per heavy atom. The smallest absolute Gasteiger partial charge is 0.338 e. The van der Waals surface area contributed by atoms with Gasteiger partial charge in [-0.2, -0.15) is 0 Å². The number of esters is 1. The van der Waals surface area contributed by atoms with Crippen LogP contribution in [-0.4, -0.2) is 17.1 Å². The second-order valence-electron chi connectivity index (χ2n) is 11.3. The number of benzene rings is 4. The molecule has 5 aromatic rings. The molecule has 0 spiro atoms. The highest BCUT2D eigenvalue weighted by molar-refractivity contribution is 7.07. The fraction of sp³-hybridized carbons (Fsp3) is 0.184. The third-order valence-corrected chi connectivity index (χ3v) is 9.48. The summed E-state index contributed by atoms with van der Waals surface area (Å²) in [6.07, 6.45) is 1.76. The fourth-order valence-corrected chi connectivity index (χ4v) is 6.86. The summed E-state index contributed by atoms with van der Waals surface area (Å²) in [5, 5.41) is 1.09. The van der Waals surface area contributed by atoms with Crippen LogP contribution in [0.2, 0.25) is 10.0 Å². The average molecular weight is 684 g/mol. The number of hydrogen-bond acceptors (Lipinski definition) is 6. The lowest BCUT2D eigenvalue weighted by molar-refractivity contribution is -0.138. The Morgan fingerprint density at radius 2 is 1.70 bits per heavy atom. The number of aromatic nitrogens is 1. The van der Waals surface area contributed by atoms with E-state index in [0.29, 0.717) is 47.9 Å². The van der Waals surface area contributed by atoms with Crippen LogP contribution in [0.4, 0.5) is 0 Å². The highest BCUT2D eigenvalue weighted by Crippen LogP contribution is 2.36. The summed E-state index contributed by atoms with van der Waals surface area (Å²) in [4.78, 5) is 33.5. The van der Waals surface area contributed by atoms with Crippen LogP contribution in [0.5, 0.6) is 5.75 Å². The Morgan fingerprint density at radius 1 is 0.979 bits per heavy atom. The van der Waals surface area contributed by atoms with E-state index < -0.39 is 12.0 Å². The summed E-state index contributed by atoms with van der Waals surface area (Å²) < 4.78 is 13.8. The van der Waals surface area contributed by atoms with E-state index >= 15 is 0 Å². The number of thiazole rings is 1. The van der Waals surface area contributed by atoms with Crippen LogP contribution >= 0.6 is 34.5 Å². The van der Waals surface area contributed by atoms with Gasteiger partial charge in [0.1, 0.15) is 12.4 Å². The Balaban J connectivity index is 1.54. The highest BCUT2D eigenvalue weighted by atomic mass is 35.5. The van der Waals surface area contributed by atoms with Crippen LogP contribution in [0.3, 0.4) is 0 Å². The van der Waals surface area contributed by atoms with E-state index in [1.807, 2.05) is 78.9 Å². The molecule has 6 nitrogen and oxygen atoms in total. The Hall–Kier alpha value is -4.43. The second kappa shape index (κ2) is 14.1. The maximum absolute atomic E-state index is 14.4. The van der Waals surface area contributed by atoms with Crippen LogP contribution in [0.25, 0.3) is 11.8 Å². The van der Waals surface area contributed by atoms with Gasteiger partial charge < -0.3 is 9.47 Å². The van der Waals surface area contributed by atoms with Crippen LogP contribution in [-0.2, 0) is 16.1 Å². The first-order valence-electron chi connectivity index (χ1n) is 15.3. The van der Waals surface area contributed by atoms with E-state index in [1.165, 1.54) is 11.3 Å². The van der Waals surface area contributed by atoms with Crippen molar-refractivity contribution in [2.45, 2.75) is 39.3 Å². The van der Waals surface area contributed by atoms with Crippen molar-refractivity contribution >= 4 is 52.3 Å². The molecule has 0 fully saturated rings. The first kappa shape index (κ1) is 32.5. The summed E-state index contributed by atoms with van der Waals surface area (Å²) in [6, 6.07) is 29.5. The van der Waals surface area contributed by atoms with Crippen molar-refractivity contribution in [3.8, 4) is 5.75 Å². The van der Waals surface area contributed by atoms with Gasteiger partial charge in [0.15, 0.2) is 4.80 Å². The SMILES string of the molecule is CCOC(=O)C1=C(c2ccccc2)N=c2s/c(=C\c3cc(Cl)ccc3OCc3ccccc3Cl)c(=O)n2[C@@H]1c1ccc(C(C)C)cc1. The van der Waals surface area contributed by atoms with Gasteiger partial charge in [0.25, 0.3) is 5.56 Å². The molecule has 238 valence electrons. The monoisotopic (exact) mass is 682 g/mol. The van der Waals surface area contributed by atoms with Gasteiger partial charge in [-0.05, 0) is 54.3 Å². The van der Waals surface area contributed by atoms with E-state index in [-0.39, 0.29) is 18.8 Å². The molecule has 0 N–H and O–H groups in total. The van der Waals surface area contributed by atoms with Gasteiger partial charge in [-0.1, -0.05) is 121 Å². The molecule has 0 saturated carbocycles. The number of ether oxygens (including phenoxy) is 2. The lowest BCUT2D eigenvalue weighted by Gasteiger charge is -2.26. The van der Waals surface area contributed by atoms with Crippen molar-refractivity contribution in [2.75, 3.05) is 6.61 Å². The first-order chi connectivity index (χ1) is 22.7. The predicted molar refractivity (Wildman–Crippen MR) is 189 cm³/mol. The number of rotatable bonds is 9. The van der Waals surface area contributed by atoms with Gasteiger partial charge >= 0.3 is 5.97 Å². The maximum Gasteiger partial charge on any atom is 0.338 e.